The second kappa shape index (κ2) is 12.8. The molecule has 0 radical (unpaired) electrons. The number of amides is 1. The van der Waals surface area contributed by atoms with Gasteiger partial charge >= 0.3 is 5.97 Å². The Morgan fingerprint density at radius 2 is 1.80 bits per heavy atom. The number of carbonyl (C=O) groups is 3. The normalized spacial score (nSPS) is 26.6. The highest BCUT2D eigenvalue weighted by atomic mass is 19.1. The van der Waals surface area contributed by atoms with Crippen LogP contribution in [0.3, 0.4) is 0 Å². The van der Waals surface area contributed by atoms with Gasteiger partial charge < -0.3 is 19.8 Å². The van der Waals surface area contributed by atoms with Crippen LogP contribution in [0, 0.1) is 23.7 Å². The topological polar surface area (TPSA) is 103 Å². The number of nitrogens with two attached hydrogens (primary N) is 1. The fraction of sp³-hybridized carbons (Fsp3) is 0.656. The number of hydrogen-bond donors (Lipinski definition) is 1. The lowest BCUT2D eigenvalue weighted by Crippen LogP contribution is -2.48. The highest BCUT2D eigenvalue weighted by molar-refractivity contribution is 5.94. The van der Waals surface area contributed by atoms with E-state index in [4.69, 9.17) is 14.9 Å². The highest BCUT2D eigenvalue weighted by Gasteiger charge is 2.46. The zero-order valence-electron chi connectivity index (χ0n) is 23.6. The van der Waals surface area contributed by atoms with Crippen LogP contribution in [0.1, 0.15) is 87.3 Å². The number of ketones is 1. The number of fused-ring (bicyclic) bond motifs is 1. The number of esters is 1. The third kappa shape index (κ3) is 6.12. The van der Waals surface area contributed by atoms with Gasteiger partial charge in [-0.1, -0.05) is 38.2 Å². The van der Waals surface area contributed by atoms with Crippen molar-refractivity contribution in [2.24, 2.45) is 29.4 Å². The largest absolute Gasteiger partial charge is 0.460 e. The van der Waals surface area contributed by atoms with Gasteiger partial charge in [0.15, 0.2) is 5.78 Å². The van der Waals surface area contributed by atoms with Gasteiger partial charge in [-0.05, 0) is 80.5 Å². The van der Waals surface area contributed by atoms with E-state index >= 15 is 0 Å². The predicted molar refractivity (Wildman–Crippen MR) is 150 cm³/mol. The number of benzene rings is 1. The predicted octanol–water partition coefficient (Wildman–Crippen LogP) is 5.62. The summed E-state index contributed by atoms with van der Waals surface area (Å²) in [6.45, 7) is 2.11. The molecule has 2 aliphatic carbocycles. The van der Waals surface area contributed by atoms with Crippen LogP contribution in [0.2, 0.25) is 0 Å². The fourth-order valence-electron chi connectivity index (χ4n) is 7.50. The molecule has 7 nitrogen and oxygen atoms in total. The van der Waals surface area contributed by atoms with Gasteiger partial charge in [-0.15, -0.1) is 0 Å². The standard InChI is InChI=1S/C32H43FN2O5/c1-2-39-32(38)29-18-24-16-20(8-13-28(24)40-29)17-27(36)30-25(21-6-4-3-5-7-21)14-15-35(30)31(37)23-11-9-22(10-12-23)26(34)19-33/h8,13,16,18,21-23,25-26,30H,2-7,9-12,14-15,17,19,34H2,1H3/t22?,23?,25-,26?,30-/m0/s1. The third-order valence-electron chi connectivity index (χ3n) is 9.65. The van der Waals surface area contributed by atoms with E-state index in [9.17, 15) is 18.8 Å². The maximum atomic E-state index is 14.0. The van der Waals surface area contributed by atoms with Gasteiger partial charge in [0.1, 0.15) is 12.3 Å². The number of alkyl halides is 1. The molecular weight excluding hydrogens is 511 g/mol. The quantitative estimate of drug-likeness (QED) is 0.404. The van der Waals surface area contributed by atoms with Crippen LogP contribution >= 0.6 is 0 Å². The minimum absolute atomic E-state index is 0.0861. The van der Waals surface area contributed by atoms with Crippen molar-refractivity contribution in [3.63, 3.8) is 0 Å². The van der Waals surface area contributed by atoms with Crippen molar-refractivity contribution in [3.8, 4) is 0 Å². The highest BCUT2D eigenvalue weighted by Crippen LogP contribution is 2.41. The molecule has 2 N–H and O–H groups in total. The molecule has 3 atom stereocenters. The lowest BCUT2D eigenvalue weighted by atomic mass is 9.75. The van der Waals surface area contributed by atoms with Gasteiger partial charge in [0.05, 0.1) is 12.6 Å². The van der Waals surface area contributed by atoms with E-state index in [2.05, 4.69) is 0 Å². The molecule has 1 aromatic heterocycles. The van der Waals surface area contributed by atoms with Crippen molar-refractivity contribution in [2.75, 3.05) is 19.8 Å². The van der Waals surface area contributed by atoms with Gasteiger partial charge in [-0.3, -0.25) is 9.59 Å². The van der Waals surface area contributed by atoms with Crippen molar-refractivity contribution in [1.29, 1.82) is 0 Å². The molecule has 40 heavy (non-hydrogen) atoms. The molecule has 1 saturated heterocycles. The van der Waals surface area contributed by atoms with Crippen LogP contribution in [0.15, 0.2) is 28.7 Å². The van der Waals surface area contributed by atoms with Crippen molar-refractivity contribution < 1.29 is 27.9 Å². The Hall–Kier alpha value is -2.74. The van der Waals surface area contributed by atoms with E-state index in [0.717, 1.165) is 43.1 Å². The average molecular weight is 555 g/mol. The second-order valence-electron chi connectivity index (χ2n) is 12.1. The summed E-state index contributed by atoms with van der Waals surface area (Å²) < 4.78 is 23.8. The van der Waals surface area contributed by atoms with Crippen LogP contribution in [0.25, 0.3) is 11.0 Å². The molecule has 1 aromatic carbocycles. The first-order valence-electron chi connectivity index (χ1n) is 15.2. The van der Waals surface area contributed by atoms with Gasteiger partial charge in [-0.2, -0.15) is 0 Å². The molecule has 3 fully saturated rings. The molecule has 2 heterocycles. The number of hydrogen-bond acceptors (Lipinski definition) is 6. The fourth-order valence-corrected chi connectivity index (χ4v) is 7.50. The minimum Gasteiger partial charge on any atom is -0.460 e. The maximum Gasteiger partial charge on any atom is 0.374 e. The molecule has 1 aliphatic heterocycles. The van der Waals surface area contributed by atoms with Crippen molar-refractivity contribution >= 4 is 28.6 Å². The van der Waals surface area contributed by atoms with Crippen LogP contribution in [0.5, 0.6) is 0 Å². The van der Waals surface area contributed by atoms with Gasteiger partial charge in [-0.25, -0.2) is 9.18 Å². The Bertz CT molecular complexity index is 1200. The molecule has 1 unspecified atom stereocenters. The second-order valence-corrected chi connectivity index (χ2v) is 12.1. The molecule has 1 amide bonds. The van der Waals surface area contributed by atoms with E-state index in [1.54, 1.807) is 19.1 Å². The number of furan rings is 1. The number of carbonyl (C=O) groups excluding carboxylic acids is 3. The van der Waals surface area contributed by atoms with Crippen LogP contribution in [0.4, 0.5) is 4.39 Å². The van der Waals surface area contributed by atoms with Crippen LogP contribution in [-0.2, 0) is 20.7 Å². The summed E-state index contributed by atoms with van der Waals surface area (Å²) >= 11 is 0. The van der Waals surface area contributed by atoms with E-state index in [1.807, 2.05) is 17.0 Å². The van der Waals surface area contributed by atoms with Gasteiger partial charge in [0.25, 0.3) is 0 Å². The molecule has 0 spiro atoms. The van der Waals surface area contributed by atoms with Gasteiger partial charge in [0.2, 0.25) is 11.7 Å². The van der Waals surface area contributed by atoms with E-state index in [-0.39, 0.29) is 48.2 Å². The Kier molecular flexibility index (Phi) is 9.24. The Morgan fingerprint density at radius 1 is 1.05 bits per heavy atom. The lowest BCUT2D eigenvalue weighted by molar-refractivity contribution is -0.143. The van der Waals surface area contributed by atoms with E-state index in [0.29, 0.717) is 30.9 Å². The summed E-state index contributed by atoms with van der Waals surface area (Å²) in [5.41, 5.74) is 7.36. The molecule has 0 bridgehead atoms. The number of Topliss-reactive ketones (excluding diaryl/α,β-unsaturated/α-hetero) is 1. The number of halogens is 1. The Balaban J connectivity index is 1.33. The van der Waals surface area contributed by atoms with Gasteiger partial charge in [0, 0.05) is 30.3 Å². The number of likely N-dealkylation sites (tertiary alicyclic amines) is 1. The number of nitrogens with zero attached hydrogens (tertiary/aromatic N) is 1. The molecule has 2 aromatic rings. The first-order valence-corrected chi connectivity index (χ1v) is 15.2. The lowest BCUT2D eigenvalue weighted by Gasteiger charge is -2.37. The number of rotatable bonds is 9. The van der Waals surface area contributed by atoms with Crippen LogP contribution < -0.4 is 5.73 Å². The zero-order chi connectivity index (χ0) is 28.2. The Labute approximate surface area is 236 Å². The molecule has 2 saturated carbocycles. The monoisotopic (exact) mass is 554 g/mol. The molecule has 218 valence electrons. The van der Waals surface area contributed by atoms with Crippen molar-refractivity contribution in [1.82, 2.24) is 4.90 Å². The summed E-state index contributed by atoms with van der Waals surface area (Å²) in [4.78, 5) is 41.9. The van der Waals surface area contributed by atoms with Crippen molar-refractivity contribution in [3.05, 3.63) is 35.6 Å². The molecular formula is C32H43FN2O5. The smallest absolute Gasteiger partial charge is 0.374 e. The van der Waals surface area contributed by atoms with E-state index in [1.165, 1.54) is 19.3 Å². The summed E-state index contributed by atoms with van der Waals surface area (Å²) in [6.07, 6.45) is 9.92. The summed E-state index contributed by atoms with van der Waals surface area (Å²) in [6, 6.07) is 6.35. The maximum absolute atomic E-state index is 14.0. The van der Waals surface area contributed by atoms with E-state index < -0.39 is 24.7 Å². The summed E-state index contributed by atoms with van der Waals surface area (Å²) in [5, 5.41) is 0.750. The summed E-state index contributed by atoms with van der Waals surface area (Å²) in [7, 11) is 0. The summed E-state index contributed by atoms with van der Waals surface area (Å²) in [5.74, 6) is 0.494. The SMILES string of the molecule is CCOC(=O)c1cc2cc(CC(=O)[C@@H]3[C@H](C4CCCCC4)CCN3C(=O)C3CCC(C(N)CF)CC3)ccc2o1. The molecule has 5 rings (SSSR count). The van der Waals surface area contributed by atoms with Crippen LogP contribution in [-0.4, -0.2) is 54.5 Å². The Morgan fingerprint density at radius 3 is 2.50 bits per heavy atom. The number of ether oxygens (including phenoxy) is 1. The zero-order valence-corrected chi connectivity index (χ0v) is 23.6. The minimum atomic E-state index is -0.524. The van der Waals surface area contributed by atoms with Crippen molar-refractivity contribution in [2.45, 2.75) is 89.6 Å². The third-order valence-corrected chi connectivity index (χ3v) is 9.65. The average Bonchev–Trinajstić information content (AvgIpc) is 3.62. The first-order chi connectivity index (χ1) is 19.4. The first kappa shape index (κ1) is 28.8. The molecule has 8 heteroatoms. The molecule has 3 aliphatic rings.